The second kappa shape index (κ2) is 6.83. The smallest absolute Gasteiger partial charge is 0.310 e. The predicted molar refractivity (Wildman–Crippen MR) is 88.0 cm³/mol. The lowest BCUT2D eigenvalue weighted by molar-refractivity contribution is 0.377. The summed E-state index contributed by atoms with van der Waals surface area (Å²) in [5, 5.41) is 3.45. The molecule has 1 heterocycles. The summed E-state index contributed by atoms with van der Waals surface area (Å²) in [7, 11) is 3.22. The Morgan fingerprint density at radius 2 is 1.86 bits per heavy atom. The third-order valence-electron chi connectivity index (χ3n) is 4.58. The van der Waals surface area contributed by atoms with Gasteiger partial charge >= 0.3 is 5.69 Å². The number of hydrogen-bond donors (Lipinski definition) is 1. The van der Waals surface area contributed by atoms with E-state index in [2.05, 4.69) is 11.6 Å². The molecule has 0 amide bonds. The van der Waals surface area contributed by atoms with Gasteiger partial charge in [0.2, 0.25) is 0 Å². The molecule has 1 aliphatic carbocycles. The Labute approximate surface area is 129 Å². The maximum Gasteiger partial charge on any atom is 0.330 e. The molecule has 0 atom stereocenters. The molecule has 1 aromatic heterocycles. The van der Waals surface area contributed by atoms with Crippen molar-refractivity contribution in [3.63, 3.8) is 0 Å². The van der Waals surface area contributed by atoms with Crippen LogP contribution in [0.15, 0.2) is 15.7 Å². The van der Waals surface area contributed by atoms with E-state index in [1.54, 1.807) is 17.7 Å². The molecule has 0 saturated heterocycles. The van der Waals surface area contributed by atoms with E-state index in [0.717, 1.165) is 16.8 Å². The highest BCUT2D eigenvalue weighted by Gasteiger charge is 2.30. The number of thioether (sulfide) groups is 1. The van der Waals surface area contributed by atoms with E-state index in [4.69, 9.17) is 0 Å². The molecule has 2 rings (SSSR count). The number of nitrogens with zero attached hydrogens (tertiary/aromatic N) is 2. The van der Waals surface area contributed by atoms with Crippen molar-refractivity contribution in [2.75, 3.05) is 12.8 Å². The van der Waals surface area contributed by atoms with Gasteiger partial charge in [0.1, 0.15) is 0 Å². The SMILES string of the molecule is CSC1(CNCc2cc(=O)n(C)c(=O)n2C)CCCCC1. The van der Waals surface area contributed by atoms with Gasteiger partial charge < -0.3 is 5.32 Å². The van der Waals surface area contributed by atoms with Gasteiger partial charge in [0.25, 0.3) is 5.56 Å². The molecule has 1 saturated carbocycles. The third kappa shape index (κ3) is 3.61. The van der Waals surface area contributed by atoms with E-state index >= 15 is 0 Å². The van der Waals surface area contributed by atoms with Crippen LogP contribution < -0.4 is 16.6 Å². The Morgan fingerprint density at radius 1 is 1.19 bits per heavy atom. The topological polar surface area (TPSA) is 56.0 Å². The van der Waals surface area contributed by atoms with Gasteiger partial charge in [-0.1, -0.05) is 19.3 Å². The first-order chi connectivity index (χ1) is 9.99. The van der Waals surface area contributed by atoms with Crippen LogP contribution in [-0.2, 0) is 20.6 Å². The van der Waals surface area contributed by atoms with Crippen LogP contribution >= 0.6 is 11.8 Å². The normalized spacial score (nSPS) is 17.9. The van der Waals surface area contributed by atoms with Crippen LogP contribution in [0.4, 0.5) is 0 Å². The standard InChI is InChI=1S/C15H25N3O2S/c1-17-12(9-13(19)18(2)14(17)20)10-16-11-15(21-3)7-5-4-6-8-15/h9,16H,4-8,10-11H2,1-3H3. The highest BCUT2D eigenvalue weighted by Crippen LogP contribution is 2.37. The van der Waals surface area contributed by atoms with Crippen LogP contribution in [0.25, 0.3) is 0 Å². The maximum atomic E-state index is 11.9. The molecule has 0 radical (unpaired) electrons. The number of rotatable bonds is 5. The largest absolute Gasteiger partial charge is 0.330 e. The molecule has 0 spiro atoms. The first kappa shape index (κ1) is 16.4. The average Bonchev–Trinajstić information content (AvgIpc) is 2.51. The molecule has 0 aromatic carbocycles. The van der Waals surface area contributed by atoms with E-state index in [1.807, 2.05) is 11.8 Å². The summed E-state index contributed by atoms with van der Waals surface area (Å²) >= 11 is 1.94. The molecule has 1 aromatic rings. The Morgan fingerprint density at radius 3 is 2.48 bits per heavy atom. The molecular weight excluding hydrogens is 286 g/mol. The van der Waals surface area contributed by atoms with Crippen molar-refractivity contribution in [1.29, 1.82) is 0 Å². The zero-order chi connectivity index (χ0) is 15.5. The molecular formula is C15H25N3O2S. The lowest BCUT2D eigenvalue weighted by Crippen LogP contribution is -2.42. The molecule has 0 unspecified atom stereocenters. The second-order valence-electron chi connectivity index (χ2n) is 5.93. The summed E-state index contributed by atoms with van der Waals surface area (Å²) in [5.74, 6) is 0. The fraction of sp³-hybridized carbons (Fsp3) is 0.733. The number of hydrogen-bond acceptors (Lipinski definition) is 4. The van der Waals surface area contributed by atoms with Crippen LogP contribution in [0.2, 0.25) is 0 Å². The minimum absolute atomic E-state index is 0.243. The summed E-state index contributed by atoms with van der Waals surface area (Å²) in [4.78, 5) is 23.6. The molecule has 0 bridgehead atoms. The van der Waals surface area contributed by atoms with Crippen LogP contribution in [0.3, 0.4) is 0 Å². The van der Waals surface area contributed by atoms with Crippen LogP contribution in [-0.4, -0.2) is 26.7 Å². The van der Waals surface area contributed by atoms with E-state index in [-0.39, 0.29) is 11.2 Å². The van der Waals surface area contributed by atoms with Gasteiger partial charge in [-0.25, -0.2) is 4.79 Å². The summed E-state index contributed by atoms with van der Waals surface area (Å²) in [6, 6.07) is 1.54. The van der Waals surface area contributed by atoms with E-state index < -0.39 is 0 Å². The lowest BCUT2D eigenvalue weighted by atomic mass is 9.88. The van der Waals surface area contributed by atoms with Crippen molar-refractivity contribution >= 4 is 11.8 Å². The van der Waals surface area contributed by atoms with Crippen LogP contribution in [0.1, 0.15) is 37.8 Å². The Bertz CT molecular complexity index is 600. The van der Waals surface area contributed by atoms with E-state index in [9.17, 15) is 9.59 Å². The van der Waals surface area contributed by atoms with Crippen molar-refractivity contribution in [2.24, 2.45) is 14.1 Å². The van der Waals surface area contributed by atoms with Crippen molar-refractivity contribution in [3.05, 3.63) is 32.6 Å². The molecule has 6 heteroatoms. The van der Waals surface area contributed by atoms with Crippen LogP contribution in [0, 0.1) is 0 Å². The maximum absolute atomic E-state index is 11.9. The van der Waals surface area contributed by atoms with Gasteiger partial charge in [0.15, 0.2) is 0 Å². The second-order valence-corrected chi connectivity index (χ2v) is 7.20. The monoisotopic (exact) mass is 311 g/mol. The van der Waals surface area contributed by atoms with Crippen LogP contribution in [0.5, 0.6) is 0 Å². The zero-order valence-corrected chi connectivity index (χ0v) is 14.0. The fourth-order valence-corrected chi connectivity index (χ4v) is 3.96. The molecule has 5 nitrogen and oxygen atoms in total. The van der Waals surface area contributed by atoms with Gasteiger partial charge in [-0.15, -0.1) is 0 Å². The predicted octanol–water partition coefficient (Wildman–Crippen LogP) is 1.24. The zero-order valence-electron chi connectivity index (χ0n) is 13.1. The van der Waals surface area contributed by atoms with Gasteiger partial charge in [-0.3, -0.25) is 13.9 Å². The van der Waals surface area contributed by atoms with E-state index in [0.29, 0.717) is 11.3 Å². The molecule has 1 N–H and O–H groups in total. The van der Waals surface area contributed by atoms with Crippen molar-refractivity contribution in [2.45, 2.75) is 43.4 Å². The van der Waals surface area contributed by atoms with Crippen molar-refractivity contribution in [1.82, 2.24) is 14.5 Å². The molecule has 0 aliphatic heterocycles. The summed E-state index contributed by atoms with van der Waals surface area (Å²) in [6.45, 7) is 1.49. The lowest BCUT2D eigenvalue weighted by Gasteiger charge is -2.36. The van der Waals surface area contributed by atoms with Gasteiger partial charge in [0.05, 0.1) is 0 Å². The number of nitrogens with one attached hydrogen (secondary N) is 1. The highest BCUT2D eigenvalue weighted by molar-refractivity contribution is 8.00. The quantitative estimate of drug-likeness (QED) is 0.889. The average molecular weight is 311 g/mol. The third-order valence-corrected chi connectivity index (χ3v) is 6.00. The minimum atomic E-state index is -0.267. The van der Waals surface area contributed by atoms with Gasteiger partial charge in [-0.05, 0) is 19.1 Å². The summed E-state index contributed by atoms with van der Waals surface area (Å²) < 4.78 is 2.99. The summed E-state index contributed by atoms with van der Waals surface area (Å²) in [6.07, 6.45) is 8.61. The first-order valence-electron chi connectivity index (χ1n) is 7.51. The first-order valence-corrected chi connectivity index (χ1v) is 8.73. The molecule has 1 fully saturated rings. The Hall–Kier alpha value is -1.01. The van der Waals surface area contributed by atoms with E-state index in [1.165, 1.54) is 39.2 Å². The summed E-state index contributed by atoms with van der Waals surface area (Å²) in [5.41, 5.74) is 0.235. The highest BCUT2D eigenvalue weighted by atomic mass is 32.2. The molecule has 1 aliphatic rings. The fourth-order valence-electron chi connectivity index (χ4n) is 3.02. The Kier molecular flexibility index (Phi) is 5.32. The van der Waals surface area contributed by atoms with Gasteiger partial charge in [-0.2, -0.15) is 11.8 Å². The molecule has 118 valence electrons. The number of aromatic nitrogens is 2. The van der Waals surface area contributed by atoms with Crippen molar-refractivity contribution < 1.29 is 0 Å². The molecule has 21 heavy (non-hydrogen) atoms. The minimum Gasteiger partial charge on any atom is -0.310 e. The van der Waals surface area contributed by atoms with Gasteiger partial charge in [0, 0.05) is 43.7 Å². The van der Waals surface area contributed by atoms with Crippen molar-refractivity contribution in [3.8, 4) is 0 Å². The Balaban J connectivity index is 2.04.